The van der Waals surface area contributed by atoms with Crippen LogP contribution >= 0.6 is 0 Å². The maximum atomic E-state index is 13.0. The molecule has 0 atom stereocenters. The Morgan fingerprint density at radius 1 is 0.963 bits per heavy atom. The molecule has 1 aliphatic rings. The van der Waals surface area contributed by atoms with Crippen molar-refractivity contribution in [1.29, 1.82) is 0 Å². The van der Waals surface area contributed by atoms with Crippen molar-refractivity contribution in [3.05, 3.63) is 60.2 Å². The highest BCUT2D eigenvalue weighted by molar-refractivity contribution is 6.01. The summed E-state index contributed by atoms with van der Waals surface area (Å²) in [6.07, 6.45) is 3.72. The molecule has 3 aromatic rings. The third-order valence-electron chi connectivity index (χ3n) is 4.56. The lowest BCUT2D eigenvalue weighted by molar-refractivity contribution is 0.0991. The minimum absolute atomic E-state index is 0.144. The molecule has 1 saturated heterocycles. The van der Waals surface area contributed by atoms with Crippen LogP contribution in [0.4, 0.5) is 15.8 Å². The van der Waals surface area contributed by atoms with Crippen molar-refractivity contribution < 1.29 is 13.6 Å². The Morgan fingerprint density at radius 2 is 1.67 bits per heavy atom. The first kappa shape index (κ1) is 17.2. The molecule has 1 aromatic heterocycles. The van der Waals surface area contributed by atoms with Gasteiger partial charge in [0.15, 0.2) is 0 Å². The van der Waals surface area contributed by atoms with Crippen LogP contribution in [0.1, 0.15) is 29.9 Å². The zero-order valence-corrected chi connectivity index (χ0v) is 14.7. The number of carbonyl (C=O) groups is 1. The molecule has 0 bridgehead atoms. The van der Waals surface area contributed by atoms with Gasteiger partial charge in [-0.1, -0.05) is 0 Å². The van der Waals surface area contributed by atoms with E-state index >= 15 is 0 Å². The van der Waals surface area contributed by atoms with E-state index in [0.29, 0.717) is 11.3 Å². The van der Waals surface area contributed by atoms with Gasteiger partial charge in [0.2, 0.25) is 5.89 Å². The normalized spacial score (nSPS) is 14.2. The smallest absolute Gasteiger partial charge is 0.313 e. The molecule has 0 spiro atoms. The summed E-state index contributed by atoms with van der Waals surface area (Å²) in [6.45, 7) is 2.14. The van der Waals surface area contributed by atoms with Gasteiger partial charge in [0.25, 0.3) is 0 Å². The summed E-state index contributed by atoms with van der Waals surface area (Å²) in [4.78, 5) is 14.7. The fraction of sp³-hybridized carbons (Fsp3) is 0.250. The lowest BCUT2D eigenvalue weighted by Crippen LogP contribution is -2.29. The number of nitrogens with one attached hydrogen (secondary N) is 1. The zero-order chi connectivity index (χ0) is 18.6. The highest BCUT2D eigenvalue weighted by Gasteiger charge is 2.17. The number of aromatic nitrogens is 2. The Morgan fingerprint density at radius 3 is 2.37 bits per heavy atom. The lowest BCUT2D eigenvalue weighted by Gasteiger charge is -2.28. The predicted octanol–water partition coefficient (Wildman–Crippen LogP) is 4.12. The number of rotatable bonds is 4. The number of hydrogen-bond acceptors (Lipinski definition) is 5. The minimum atomic E-state index is -0.485. The molecule has 0 unspecified atom stereocenters. The van der Waals surface area contributed by atoms with Gasteiger partial charge >= 0.3 is 11.8 Å². The predicted molar refractivity (Wildman–Crippen MR) is 100 cm³/mol. The van der Waals surface area contributed by atoms with E-state index in [0.717, 1.165) is 18.8 Å². The molecule has 4 rings (SSSR count). The van der Waals surface area contributed by atoms with Gasteiger partial charge in [-0.05, 0) is 67.8 Å². The minimum Gasteiger partial charge on any atom is -0.412 e. The summed E-state index contributed by atoms with van der Waals surface area (Å²) < 4.78 is 18.4. The fourth-order valence-electron chi connectivity index (χ4n) is 3.12. The Kier molecular flexibility index (Phi) is 4.82. The number of anilines is 2. The van der Waals surface area contributed by atoms with Gasteiger partial charge < -0.3 is 14.6 Å². The third-order valence-corrected chi connectivity index (χ3v) is 4.56. The van der Waals surface area contributed by atoms with Crippen LogP contribution in [0.5, 0.6) is 0 Å². The van der Waals surface area contributed by atoms with Crippen LogP contribution in [-0.2, 0) is 0 Å². The van der Waals surface area contributed by atoms with Crippen molar-refractivity contribution in [3.8, 4) is 11.5 Å². The van der Waals surface area contributed by atoms with Crippen LogP contribution in [0.3, 0.4) is 0 Å². The van der Waals surface area contributed by atoms with Gasteiger partial charge in [0, 0.05) is 30.0 Å². The molecule has 27 heavy (non-hydrogen) atoms. The standard InChI is InChI=1S/C20H19FN4O2/c21-15-6-4-14(5-7-15)19-23-24-20(27-19)18(26)22-16-8-10-17(11-9-16)25-12-2-1-3-13-25/h4-11H,1-3,12-13H2,(H,22,26). The zero-order valence-electron chi connectivity index (χ0n) is 14.7. The van der Waals surface area contributed by atoms with Crippen molar-refractivity contribution in [2.75, 3.05) is 23.3 Å². The number of nitrogens with zero attached hydrogens (tertiary/aromatic N) is 3. The number of hydrogen-bond donors (Lipinski definition) is 1. The molecule has 0 radical (unpaired) electrons. The van der Waals surface area contributed by atoms with E-state index in [-0.39, 0.29) is 17.6 Å². The van der Waals surface area contributed by atoms with E-state index in [1.165, 1.54) is 43.5 Å². The second-order valence-corrected chi connectivity index (χ2v) is 6.47. The number of piperidine rings is 1. The van der Waals surface area contributed by atoms with Crippen LogP contribution < -0.4 is 10.2 Å². The summed E-state index contributed by atoms with van der Waals surface area (Å²) in [5.74, 6) is -0.819. The summed E-state index contributed by atoms with van der Waals surface area (Å²) in [5, 5.41) is 10.4. The van der Waals surface area contributed by atoms with Crippen molar-refractivity contribution in [2.24, 2.45) is 0 Å². The van der Waals surface area contributed by atoms with Gasteiger partial charge in [0.05, 0.1) is 0 Å². The van der Waals surface area contributed by atoms with Crippen LogP contribution in [0.25, 0.3) is 11.5 Å². The van der Waals surface area contributed by atoms with Gasteiger partial charge in [-0.2, -0.15) is 0 Å². The fourth-order valence-corrected chi connectivity index (χ4v) is 3.12. The van der Waals surface area contributed by atoms with Crippen LogP contribution in [-0.4, -0.2) is 29.2 Å². The summed E-state index contributed by atoms with van der Waals surface area (Å²) >= 11 is 0. The molecule has 1 aliphatic heterocycles. The van der Waals surface area contributed by atoms with Gasteiger partial charge in [-0.15, -0.1) is 10.2 Å². The van der Waals surface area contributed by atoms with E-state index in [1.807, 2.05) is 24.3 Å². The molecule has 7 heteroatoms. The molecule has 2 heterocycles. The average molecular weight is 366 g/mol. The summed E-state index contributed by atoms with van der Waals surface area (Å²) in [7, 11) is 0. The molecule has 6 nitrogen and oxygen atoms in total. The Hall–Kier alpha value is -3.22. The van der Waals surface area contributed by atoms with E-state index in [2.05, 4.69) is 20.4 Å². The van der Waals surface area contributed by atoms with Crippen LogP contribution in [0.15, 0.2) is 52.9 Å². The molecule has 0 aliphatic carbocycles. The first-order valence-corrected chi connectivity index (χ1v) is 8.95. The number of carbonyl (C=O) groups excluding carboxylic acids is 1. The largest absolute Gasteiger partial charge is 0.412 e. The molecular weight excluding hydrogens is 347 g/mol. The Balaban J connectivity index is 1.42. The first-order valence-electron chi connectivity index (χ1n) is 8.95. The van der Waals surface area contributed by atoms with Crippen molar-refractivity contribution in [2.45, 2.75) is 19.3 Å². The Labute approximate surface area is 156 Å². The summed E-state index contributed by atoms with van der Waals surface area (Å²) in [6, 6.07) is 13.3. The highest BCUT2D eigenvalue weighted by Crippen LogP contribution is 2.22. The third kappa shape index (κ3) is 3.97. The number of halogens is 1. The second kappa shape index (κ2) is 7.57. The summed E-state index contributed by atoms with van der Waals surface area (Å²) in [5.41, 5.74) is 2.36. The number of amides is 1. The first-order chi connectivity index (χ1) is 13.2. The van der Waals surface area contributed by atoms with Crippen molar-refractivity contribution >= 4 is 17.3 Å². The molecule has 2 aromatic carbocycles. The van der Waals surface area contributed by atoms with E-state index in [4.69, 9.17) is 4.42 Å². The van der Waals surface area contributed by atoms with E-state index < -0.39 is 5.91 Å². The van der Waals surface area contributed by atoms with Gasteiger partial charge in [-0.25, -0.2) is 4.39 Å². The molecule has 1 amide bonds. The lowest BCUT2D eigenvalue weighted by atomic mass is 10.1. The molecule has 1 N–H and O–H groups in total. The molecule has 0 saturated carbocycles. The maximum Gasteiger partial charge on any atom is 0.313 e. The van der Waals surface area contributed by atoms with Gasteiger partial charge in [0.1, 0.15) is 5.82 Å². The SMILES string of the molecule is O=C(Nc1ccc(N2CCCCC2)cc1)c1nnc(-c2ccc(F)cc2)o1. The number of benzene rings is 2. The maximum absolute atomic E-state index is 13.0. The van der Waals surface area contributed by atoms with Crippen LogP contribution in [0, 0.1) is 5.82 Å². The quantitative estimate of drug-likeness (QED) is 0.752. The Bertz CT molecular complexity index is 916. The average Bonchev–Trinajstić information content (AvgIpc) is 3.20. The van der Waals surface area contributed by atoms with Crippen LogP contribution in [0.2, 0.25) is 0 Å². The monoisotopic (exact) mass is 366 g/mol. The second-order valence-electron chi connectivity index (χ2n) is 6.47. The highest BCUT2D eigenvalue weighted by atomic mass is 19.1. The van der Waals surface area contributed by atoms with Gasteiger partial charge in [-0.3, -0.25) is 4.79 Å². The van der Waals surface area contributed by atoms with E-state index in [9.17, 15) is 9.18 Å². The molecular formula is C20H19FN4O2. The van der Waals surface area contributed by atoms with Crippen molar-refractivity contribution in [3.63, 3.8) is 0 Å². The van der Waals surface area contributed by atoms with E-state index in [1.54, 1.807) is 0 Å². The topological polar surface area (TPSA) is 71.3 Å². The molecule has 138 valence electrons. The molecule has 1 fully saturated rings. The van der Waals surface area contributed by atoms with Crippen molar-refractivity contribution in [1.82, 2.24) is 10.2 Å².